The van der Waals surface area contributed by atoms with E-state index in [2.05, 4.69) is 41.2 Å². The fourth-order valence-electron chi connectivity index (χ4n) is 8.60. The minimum Gasteiger partial charge on any atom is -0.875 e. The molecule has 3 aromatic carbocycles. The molecule has 2 atom stereocenters. The third-order valence-electron chi connectivity index (χ3n) is 11.8. The highest BCUT2D eigenvalue weighted by Gasteiger charge is 2.31. The number of allylic oxidation sites excluding steroid dienone is 5. The van der Waals surface area contributed by atoms with Crippen LogP contribution in [0.4, 0.5) is 0 Å². The molecule has 0 radical (unpaired) electrons. The van der Waals surface area contributed by atoms with Gasteiger partial charge in [-0.15, -0.1) is 5.76 Å². The summed E-state index contributed by atoms with van der Waals surface area (Å²) in [4.78, 5) is 17.3. The number of phenolic OH excluding ortho intramolecular Hbond substituents is 2. The number of aryl methyl sites for hydroxylation is 1. The second-order valence-corrected chi connectivity index (χ2v) is 15.6. The first-order valence-corrected chi connectivity index (χ1v) is 20.0. The molecule has 8 heteroatoms. The maximum absolute atomic E-state index is 13.9. The topological polar surface area (TPSA) is 140 Å². The van der Waals surface area contributed by atoms with E-state index in [9.17, 15) is 20.1 Å². The van der Waals surface area contributed by atoms with Gasteiger partial charge in [-0.3, -0.25) is 15.1 Å². The van der Waals surface area contributed by atoms with Crippen molar-refractivity contribution >= 4 is 11.5 Å². The van der Waals surface area contributed by atoms with Crippen LogP contribution in [0.3, 0.4) is 0 Å². The number of hydrogen-bond donors (Lipinski definition) is 4. The fourth-order valence-corrected chi connectivity index (χ4v) is 8.60. The highest BCUT2D eigenvalue weighted by Crippen LogP contribution is 2.44. The lowest BCUT2D eigenvalue weighted by Gasteiger charge is -2.30. The summed E-state index contributed by atoms with van der Waals surface area (Å²) in [5.74, 6) is 6.71. The van der Waals surface area contributed by atoms with Crippen LogP contribution in [0.5, 0.6) is 17.2 Å². The van der Waals surface area contributed by atoms with Crippen molar-refractivity contribution in [3.05, 3.63) is 123 Å². The van der Waals surface area contributed by atoms with E-state index in [1.807, 2.05) is 36.4 Å². The number of hydrogen-bond acceptors (Lipinski definition) is 8. The molecule has 286 valence electrons. The number of aliphatic imine (C=N–C) groups is 1. The molecule has 7 rings (SSSR count). The van der Waals surface area contributed by atoms with Crippen LogP contribution in [-0.4, -0.2) is 34.9 Å². The summed E-state index contributed by atoms with van der Waals surface area (Å²) in [5.41, 5.74) is 14.1. The van der Waals surface area contributed by atoms with E-state index >= 15 is 0 Å². The molecule has 4 aliphatic rings. The highest BCUT2D eigenvalue weighted by molar-refractivity contribution is 6.06. The van der Waals surface area contributed by atoms with Gasteiger partial charge in [0.1, 0.15) is 5.75 Å². The average molecular weight is 739 g/mol. The smallest absolute Gasteiger partial charge is 0.161 e. The highest BCUT2D eigenvalue weighted by atomic mass is 16.5. The number of rotatable bonds is 13. The number of ether oxygens (including phenoxy) is 1. The normalized spacial score (nSPS) is 20.0. The number of unbranched alkanes of at least 4 members (excludes halogenated alkanes) is 1. The number of aromatic hydroxyl groups is 2. The van der Waals surface area contributed by atoms with Crippen molar-refractivity contribution in [1.29, 1.82) is 0 Å². The van der Waals surface area contributed by atoms with Gasteiger partial charge in [-0.05, 0) is 114 Å². The molecule has 3 aromatic rings. The summed E-state index contributed by atoms with van der Waals surface area (Å²) in [7, 11) is 0. The summed E-state index contributed by atoms with van der Waals surface area (Å²) >= 11 is 0. The van der Waals surface area contributed by atoms with Crippen molar-refractivity contribution in [3.63, 3.8) is 0 Å². The predicted octanol–water partition coefficient (Wildman–Crippen LogP) is 7.49. The van der Waals surface area contributed by atoms with Crippen LogP contribution in [-0.2, 0) is 24.1 Å². The first-order chi connectivity index (χ1) is 26.7. The Hall–Kier alpha value is -5.10. The van der Waals surface area contributed by atoms with E-state index in [0.717, 1.165) is 52.8 Å². The Balaban J connectivity index is 1.07. The number of nitrogens with two attached hydrogens (primary N) is 1. The zero-order valence-corrected chi connectivity index (χ0v) is 31.8. The lowest BCUT2D eigenvalue weighted by Crippen LogP contribution is -2.35. The van der Waals surface area contributed by atoms with Crippen molar-refractivity contribution in [3.8, 4) is 29.1 Å². The third kappa shape index (κ3) is 8.91. The number of carbonyl (C=O) groups excluding carboxylic acids is 1. The van der Waals surface area contributed by atoms with Crippen LogP contribution in [0.25, 0.3) is 0 Å². The molecule has 55 heavy (non-hydrogen) atoms. The molecule has 2 unspecified atom stereocenters. The Kier molecular flexibility index (Phi) is 11.9. The van der Waals surface area contributed by atoms with Crippen molar-refractivity contribution in [1.82, 2.24) is 5.32 Å². The van der Waals surface area contributed by atoms with Gasteiger partial charge in [-0.1, -0.05) is 74.8 Å². The van der Waals surface area contributed by atoms with E-state index in [0.29, 0.717) is 48.3 Å². The lowest BCUT2D eigenvalue weighted by molar-refractivity contribution is -0.307. The Labute approximate surface area is 324 Å². The van der Waals surface area contributed by atoms with Crippen LogP contribution < -0.4 is 20.9 Å². The molecular formula is C47H52N3O5-. The van der Waals surface area contributed by atoms with Gasteiger partial charge >= 0.3 is 0 Å². The Morgan fingerprint density at radius 1 is 1.05 bits per heavy atom. The van der Waals surface area contributed by atoms with Crippen molar-refractivity contribution in [2.45, 2.75) is 102 Å². The second-order valence-electron chi connectivity index (χ2n) is 15.6. The molecule has 0 bridgehead atoms. The molecule has 2 heterocycles. The quantitative estimate of drug-likeness (QED) is 0.105. The van der Waals surface area contributed by atoms with Gasteiger partial charge in [0, 0.05) is 42.6 Å². The maximum atomic E-state index is 13.9. The van der Waals surface area contributed by atoms with Crippen molar-refractivity contribution in [2.24, 2.45) is 16.1 Å². The molecule has 0 aromatic heterocycles. The van der Waals surface area contributed by atoms with Crippen LogP contribution in [0.15, 0.2) is 89.3 Å². The number of nitrogens with one attached hydrogen (secondary N) is 1. The van der Waals surface area contributed by atoms with Crippen LogP contribution in [0.1, 0.15) is 122 Å². The van der Waals surface area contributed by atoms with Gasteiger partial charge in [-0.2, -0.15) is 0 Å². The number of benzene rings is 3. The van der Waals surface area contributed by atoms with Gasteiger partial charge < -0.3 is 25.8 Å². The predicted molar refractivity (Wildman–Crippen MR) is 215 cm³/mol. The molecule has 0 saturated heterocycles. The van der Waals surface area contributed by atoms with Gasteiger partial charge in [0.25, 0.3) is 0 Å². The first-order valence-electron chi connectivity index (χ1n) is 20.0. The maximum Gasteiger partial charge on any atom is 0.161 e. The summed E-state index contributed by atoms with van der Waals surface area (Å²) in [6.07, 6.45) is 18.2. The van der Waals surface area contributed by atoms with E-state index in [4.69, 9.17) is 10.5 Å². The molecule has 2 aliphatic carbocycles. The minimum atomic E-state index is -0.465. The van der Waals surface area contributed by atoms with Crippen molar-refractivity contribution in [2.75, 3.05) is 13.2 Å². The number of phenols is 2. The summed E-state index contributed by atoms with van der Waals surface area (Å²) < 4.78 is 6.10. The minimum absolute atomic E-state index is 0.0396. The van der Waals surface area contributed by atoms with Crippen LogP contribution in [0, 0.1) is 17.3 Å². The molecule has 0 amide bonds. The molecule has 8 nitrogen and oxygen atoms in total. The van der Waals surface area contributed by atoms with Crippen molar-refractivity contribution < 1.29 is 24.9 Å². The first kappa shape index (κ1) is 38.2. The molecule has 1 fully saturated rings. The number of carbonyl (C=O) groups is 1. The molecular weight excluding hydrogens is 687 g/mol. The third-order valence-corrected chi connectivity index (χ3v) is 11.8. The summed E-state index contributed by atoms with van der Waals surface area (Å²) in [5, 5.41) is 39.1. The molecule has 2 aliphatic heterocycles. The summed E-state index contributed by atoms with van der Waals surface area (Å²) in [6, 6.07) is 14.9. The fraction of sp³-hybridized carbons (Fsp3) is 0.404. The summed E-state index contributed by atoms with van der Waals surface area (Å²) in [6.45, 7) is 3.24. The zero-order chi connectivity index (χ0) is 38.4. The van der Waals surface area contributed by atoms with Gasteiger partial charge in [0.2, 0.25) is 0 Å². The lowest BCUT2D eigenvalue weighted by atomic mass is 9.80. The molecule has 5 N–H and O–H groups in total. The number of ketones is 1. The average Bonchev–Trinajstić information content (AvgIpc) is 3.87. The number of nitrogens with zero attached hydrogens (tertiary/aromatic N) is 1. The van der Waals surface area contributed by atoms with Gasteiger partial charge in [0.05, 0.1) is 24.9 Å². The Morgan fingerprint density at radius 3 is 2.67 bits per heavy atom. The second kappa shape index (κ2) is 17.1. The number of fused-ring (bicyclic) bond motifs is 3. The van der Waals surface area contributed by atoms with E-state index in [-0.39, 0.29) is 47.6 Å². The Morgan fingerprint density at radius 2 is 1.85 bits per heavy atom. The Bertz CT molecular complexity index is 2110. The van der Waals surface area contributed by atoms with Gasteiger partial charge in [0.15, 0.2) is 17.3 Å². The molecule has 0 spiro atoms. The van der Waals surface area contributed by atoms with Crippen LogP contribution in [0.2, 0.25) is 0 Å². The van der Waals surface area contributed by atoms with E-state index in [1.165, 1.54) is 38.5 Å². The standard InChI is InChI=1S/C47H53N3O5/c1-2-3-19-47(20-4-5-21-47)22-15-35(51)12-9-31-11-14-43(53)45(27-31)55-25-18-32-10-13-42(52)40(26-32)39-30-44(54)36-17-24-49-41(36)8-6-7-33-29-38-34(28-37(33)39)16-23-50-46(38)48/h10-11,13-15,17,22,24,26-29,39,46,50,52-54H,2-5,8-9,12,16,18-21,23,25,30,48H2,1H3/p-1. The SMILES string of the molecule is CCCCC1(C=CC(=O)CCc2ccc(O)c(OCCc3ccc(O)c(C4CC([O-])=C5C=CN=C5CC#Cc5cc6c(cc54)CCNC6N)c3)c2)CCCC1. The monoisotopic (exact) mass is 738 g/mol. The largest absolute Gasteiger partial charge is 0.875 e. The van der Waals surface area contributed by atoms with E-state index < -0.39 is 5.92 Å². The van der Waals surface area contributed by atoms with E-state index in [1.54, 1.807) is 24.4 Å². The zero-order valence-electron chi connectivity index (χ0n) is 31.8. The molecule has 1 saturated carbocycles. The van der Waals surface area contributed by atoms with Crippen LogP contribution >= 0.6 is 0 Å². The van der Waals surface area contributed by atoms with Gasteiger partial charge in [-0.25, -0.2) is 0 Å².